The molecule has 598 valence electrons. The molecule has 2 aliphatic heterocycles. The number of rotatable bonds is 9. The van der Waals surface area contributed by atoms with Crippen molar-refractivity contribution in [2.75, 3.05) is 9.80 Å². The van der Waals surface area contributed by atoms with Crippen molar-refractivity contribution in [3.8, 4) is 67.6 Å². The van der Waals surface area contributed by atoms with Crippen LogP contribution in [0.15, 0.2) is 309 Å². The molecule has 122 heavy (non-hydrogen) atoms. The number of hydrogen-bond donors (Lipinski definition) is 0. The van der Waals surface area contributed by atoms with Gasteiger partial charge in [-0.3, -0.25) is 0 Å². The topological polar surface area (TPSA) is 45.1 Å². The van der Waals surface area contributed by atoms with Crippen LogP contribution in [-0.4, -0.2) is 20.4 Å². The van der Waals surface area contributed by atoms with E-state index in [1.54, 1.807) is 0 Å². The van der Waals surface area contributed by atoms with Gasteiger partial charge in [0.05, 0.1) is 50.0 Å². The summed E-state index contributed by atoms with van der Waals surface area (Å²) >= 11 is 0. The second-order valence-electron chi connectivity index (χ2n) is 40.7. The predicted molar refractivity (Wildman–Crippen MR) is 522 cm³/mol. The molecule has 0 unspecified atom stereocenters. The molecule has 0 fully saturated rings. The molecule has 0 aliphatic carbocycles. The van der Waals surface area contributed by atoms with Gasteiger partial charge < -0.3 is 23.5 Å². The van der Waals surface area contributed by atoms with Gasteiger partial charge in [-0.05, 0) is 254 Å². The third-order valence-electron chi connectivity index (χ3n) is 26.3. The molecule has 0 atom stereocenters. The van der Waals surface area contributed by atoms with Crippen molar-refractivity contribution in [1.82, 2.24) is 13.7 Å². The second kappa shape index (κ2) is 28.0. The van der Waals surface area contributed by atoms with E-state index in [0.717, 1.165) is 134 Å². The Morgan fingerprint density at radius 3 is 1.07 bits per heavy atom. The zero-order valence-corrected chi connectivity index (χ0v) is 73.7. The number of hydrogen-bond acceptors (Lipinski definition) is 3. The first-order valence-electron chi connectivity index (χ1n) is 43.5. The Morgan fingerprint density at radius 1 is 0.221 bits per heavy atom. The lowest BCUT2D eigenvalue weighted by Gasteiger charge is -2.45. The van der Waals surface area contributed by atoms with Crippen molar-refractivity contribution in [3.63, 3.8) is 0 Å². The second-order valence-corrected chi connectivity index (χ2v) is 40.7. The third kappa shape index (κ3) is 13.0. The summed E-state index contributed by atoms with van der Waals surface area (Å²) in [7, 11) is 0. The number of nitrogens with zero attached hydrogens (tertiary/aromatic N) is 6. The lowest BCUT2D eigenvalue weighted by Crippen LogP contribution is -2.61. The van der Waals surface area contributed by atoms with Gasteiger partial charge >= 0.3 is 0 Å². The third-order valence-corrected chi connectivity index (χ3v) is 26.3. The van der Waals surface area contributed by atoms with Crippen LogP contribution in [0.2, 0.25) is 0 Å². The van der Waals surface area contributed by atoms with Crippen molar-refractivity contribution in [2.24, 2.45) is 0 Å². The average molecular weight is 1580 g/mol. The van der Waals surface area contributed by atoms with Gasteiger partial charge in [-0.1, -0.05) is 307 Å². The van der Waals surface area contributed by atoms with Crippen LogP contribution < -0.4 is 26.2 Å². The van der Waals surface area contributed by atoms with Crippen LogP contribution in [0.1, 0.15) is 164 Å². The minimum atomic E-state index is -0.318. The van der Waals surface area contributed by atoms with Crippen LogP contribution in [0.4, 0.5) is 34.1 Å². The van der Waals surface area contributed by atoms with E-state index in [1.807, 2.05) is 0 Å². The van der Waals surface area contributed by atoms with Gasteiger partial charge in [-0.25, -0.2) is 0 Å². The van der Waals surface area contributed by atoms with Gasteiger partial charge in [0, 0.05) is 72.1 Å². The lowest BCUT2D eigenvalue weighted by atomic mass is 9.33. The summed E-state index contributed by atoms with van der Waals surface area (Å²) in [6.07, 6.45) is 0. The van der Waals surface area contributed by atoms with E-state index < -0.39 is 0 Å². The van der Waals surface area contributed by atoms with E-state index >= 15 is 0 Å². The maximum atomic E-state index is 11.9. The molecule has 15 aromatic carbocycles. The first-order valence-corrected chi connectivity index (χ1v) is 43.5. The SMILES string of the molecule is CC(C)(C)c1cc(-c2ccc3c(c2)N(c2ccc(C#N)c(-n4c5ccccc5c5ccc(-c6ccccc6)cc54)c2)c2cc(-n4c5ccc(C(C)(C)C)cc5c5cc(C(C)(C)C)ccc54)cc4c2B3c2ccc(-n3c5ccc(C(C)(C)C)cc5c5cc(C(C)(C)C)ccc53)cc2N4c2cc(-c3ccccc3)cc(-c3ccccc3)c2)cc(C(C)(C)C)c1. The van der Waals surface area contributed by atoms with Crippen LogP contribution >= 0.6 is 0 Å². The molecule has 0 amide bonds. The van der Waals surface area contributed by atoms with E-state index in [1.165, 1.54) is 76.9 Å². The monoisotopic (exact) mass is 1580 g/mol. The molecule has 0 radical (unpaired) electrons. The van der Waals surface area contributed by atoms with Gasteiger partial charge in [0.15, 0.2) is 0 Å². The predicted octanol–water partition coefficient (Wildman–Crippen LogP) is 29.4. The Labute approximate surface area is 719 Å². The van der Waals surface area contributed by atoms with E-state index in [0.29, 0.717) is 5.56 Å². The van der Waals surface area contributed by atoms with E-state index in [4.69, 9.17) is 0 Å². The minimum Gasteiger partial charge on any atom is -0.311 e. The lowest BCUT2D eigenvalue weighted by molar-refractivity contribution is 0.569. The molecule has 3 aromatic heterocycles. The molecule has 0 bridgehead atoms. The highest BCUT2D eigenvalue weighted by Crippen LogP contribution is 2.52. The molecule has 5 heterocycles. The summed E-state index contributed by atoms with van der Waals surface area (Å²) in [5, 5.41) is 19.0. The summed E-state index contributed by atoms with van der Waals surface area (Å²) < 4.78 is 7.49. The van der Waals surface area contributed by atoms with Crippen LogP contribution in [0.5, 0.6) is 0 Å². The van der Waals surface area contributed by atoms with E-state index in [2.05, 4.69) is 464 Å². The van der Waals surface area contributed by atoms with Crippen molar-refractivity contribution in [3.05, 3.63) is 348 Å². The number of fused-ring (bicyclic) bond motifs is 13. The molecular weight excluding hydrogens is 1480 g/mol. The van der Waals surface area contributed by atoms with Crippen molar-refractivity contribution in [1.29, 1.82) is 5.26 Å². The standard InChI is InChI=1S/C115H105BN6/c1-110(2,3)80-41-50-99-92(62-80)93-63-81(111(4,5)6)42-51-100(93)118(99)87-46-49-97-106(67-87)121(88-57-77(72-32-24-20-25-33-72)54-78(58-88)73-34-26-21-27-35-73)108-69-89(120-101-52-43-82(112(7,8)9)64-94(101)95-65-83(113(10,11)12)44-53-102(95)120)68-107-109(108)116(97)96-48-40-75(79-55-84(114(13,14)15)61-85(56-79)115(16,17)18)60-105(96)119(107)86-45-38-76(70-117)103(66-86)122-98-37-29-28-36-90(98)91-47-39-74(59-104(91)122)71-30-22-19-23-31-71/h19-69H,1-18H3. The maximum Gasteiger partial charge on any atom is 0.252 e. The quantitative estimate of drug-likeness (QED) is 0.135. The van der Waals surface area contributed by atoms with Crippen LogP contribution in [0.25, 0.3) is 127 Å². The summed E-state index contributed by atoms with van der Waals surface area (Å²) in [6.45, 7) is 41.7. The Morgan fingerprint density at radius 2 is 0.590 bits per heavy atom. The Balaban J connectivity index is 0.956. The molecule has 0 saturated heterocycles. The zero-order chi connectivity index (χ0) is 84.8. The molecule has 20 rings (SSSR count). The molecular formula is C115H105BN6. The van der Waals surface area contributed by atoms with Crippen LogP contribution in [-0.2, 0) is 32.5 Å². The fourth-order valence-corrected chi connectivity index (χ4v) is 19.4. The fraction of sp³-hybridized carbons (Fsp3) is 0.209. The first kappa shape index (κ1) is 77.5. The summed E-state index contributed by atoms with van der Waals surface area (Å²) in [5.74, 6) is 0. The number of anilines is 6. The zero-order valence-electron chi connectivity index (χ0n) is 73.7. The molecule has 0 N–H and O–H groups in total. The number of para-hydroxylation sites is 1. The maximum absolute atomic E-state index is 11.9. The molecule has 18 aromatic rings. The minimum absolute atomic E-state index is 0.0844. The molecule has 0 spiro atoms. The number of aromatic nitrogens is 3. The average Bonchev–Trinajstić information content (AvgIpc) is 0.715. The summed E-state index contributed by atoms with van der Waals surface area (Å²) in [5.41, 5.74) is 35.9. The van der Waals surface area contributed by atoms with Crippen molar-refractivity contribution < 1.29 is 0 Å². The Kier molecular flexibility index (Phi) is 17.8. The van der Waals surface area contributed by atoms with E-state index in [-0.39, 0.29) is 39.2 Å². The van der Waals surface area contributed by atoms with Crippen LogP contribution in [0, 0.1) is 11.3 Å². The fourth-order valence-electron chi connectivity index (χ4n) is 19.4. The Bertz CT molecular complexity index is 7150. The number of benzene rings is 15. The molecule has 7 heteroatoms. The normalized spacial score (nSPS) is 13.3. The van der Waals surface area contributed by atoms with Gasteiger partial charge in [0.2, 0.25) is 0 Å². The molecule has 0 saturated carbocycles. The number of nitriles is 1. The van der Waals surface area contributed by atoms with Gasteiger partial charge in [0.25, 0.3) is 6.71 Å². The Hall–Kier alpha value is -13.1. The highest BCUT2D eigenvalue weighted by atomic mass is 15.2. The summed E-state index contributed by atoms with van der Waals surface area (Å²) in [6, 6.07) is 121. The summed E-state index contributed by atoms with van der Waals surface area (Å²) in [4.78, 5) is 5.25. The van der Waals surface area contributed by atoms with E-state index in [9.17, 15) is 5.26 Å². The van der Waals surface area contributed by atoms with Gasteiger partial charge in [-0.15, -0.1) is 0 Å². The first-order chi connectivity index (χ1) is 58.2. The van der Waals surface area contributed by atoms with Crippen molar-refractivity contribution >= 4 is 123 Å². The highest BCUT2D eigenvalue weighted by molar-refractivity contribution is 7.00. The van der Waals surface area contributed by atoms with Crippen LogP contribution in [0.3, 0.4) is 0 Å². The van der Waals surface area contributed by atoms with Gasteiger partial charge in [-0.2, -0.15) is 5.26 Å². The smallest absolute Gasteiger partial charge is 0.252 e. The molecule has 2 aliphatic rings. The molecule has 6 nitrogen and oxygen atoms in total. The largest absolute Gasteiger partial charge is 0.311 e. The van der Waals surface area contributed by atoms with Crippen molar-refractivity contribution in [2.45, 2.75) is 157 Å². The highest BCUT2D eigenvalue weighted by Gasteiger charge is 2.45. The van der Waals surface area contributed by atoms with Gasteiger partial charge in [0.1, 0.15) is 6.07 Å².